The van der Waals surface area contributed by atoms with Crippen LogP contribution in [0.4, 0.5) is 38.5 Å². The van der Waals surface area contributed by atoms with Crippen LogP contribution in [-0.4, -0.2) is 257 Å². The third kappa shape index (κ3) is 22.0. The molecule has 12 heterocycles. The van der Waals surface area contributed by atoms with Crippen molar-refractivity contribution in [2.24, 2.45) is 0 Å². The standard InChI is InChI=1S/C21H36N6O3Si.C20H34N6O3Si.C18H19Cl2N7O.C10H14N6/c1-21(2,3)30-20(28)26-9-8-16(13-26)25(4)18-17-12-24-27(19(17)23-14-22-18)15-29-10-11-31(5,6)7;1-20(2,3)29-19(27)25-8-7-15(12-25)24-17-16-11-23-26(18(16)22-13-21-17)14-28-9-10-30(4,5)6;1-26(18-15-7-24-25-17(15)22-10-23-18)14-2-3-27(9-14)16(28)8-21-13-5-11(19)4-12(20)6-13;1-16(7-2-3-11-4-7)10-8-5-14-15-9(8)12-6-13-10/h12,14,16H,8-11,13,15H2,1-7H3;11,13,15H,7-10,12,14H2,1-6H3,(H,21,22,24);4-7,10,14,21H,2-3,8-9H2,1H3,(H,22,23,24,25);5-7,11H,2-4H2,1H3,(H,12,13,14,15)/t16-;15-;14-;7-/m1111/s1. The van der Waals surface area contributed by atoms with Gasteiger partial charge >= 0.3 is 12.2 Å². The van der Waals surface area contributed by atoms with Crippen molar-refractivity contribution >= 4 is 131 Å². The molecule has 4 fully saturated rings. The molecule has 1 aromatic carbocycles. The fourth-order valence-electron chi connectivity index (χ4n) is 12.3. The SMILES string of the molecule is CC(C)(C)OC(=O)N1CC[C@@H](Nc2ncnc3c2cnn3COCC[Si](C)(C)C)C1.CN(c1ncnc2[nH]ncc12)[C@@H]1CCN(C(=O)CNc2cc(Cl)cc(Cl)c2)C1.CN(c1ncnc2[nH]ncc12)[C@@H]1CCNC1.CN(c1ncnc2c1cnn2COCC[Si](C)(C)C)[C@@H]1CCN(C(=O)OC(C)(C)C)C1. The zero-order valence-corrected chi connectivity index (χ0v) is 66.7. The number of aromatic amines is 2. The molecule has 13 rings (SSSR count). The second-order valence-corrected chi connectivity index (χ2v) is 43.4. The Morgan fingerprint density at radius 3 is 1.55 bits per heavy atom. The van der Waals surface area contributed by atoms with E-state index in [9.17, 15) is 14.4 Å². The van der Waals surface area contributed by atoms with Gasteiger partial charge in [0.05, 0.1) is 52.9 Å². The number of anilines is 5. The summed E-state index contributed by atoms with van der Waals surface area (Å²) in [6, 6.07) is 8.31. The number of likely N-dealkylation sites (N-methyl/N-ethyl adjacent to an activating group) is 3. The van der Waals surface area contributed by atoms with E-state index in [-0.39, 0.29) is 42.8 Å². The minimum absolute atomic E-state index is 0.0307. The molecule has 32 nitrogen and oxygen atoms in total. The van der Waals surface area contributed by atoms with Crippen molar-refractivity contribution in [2.75, 3.05) is 119 Å². The number of ether oxygens (including phenoxy) is 4. The molecule has 0 radical (unpaired) electrons. The molecule has 105 heavy (non-hydrogen) atoms. The summed E-state index contributed by atoms with van der Waals surface area (Å²) in [5.41, 5.74) is 2.73. The number of carbonyl (C=O) groups excluding carboxylic acids is 3. The van der Waals surface area contributed by atoms with E-state index in [1.54, 1.807) is 74.8 Å². The van der Waals surface area contributed by atoms with Crippen LogP contribution in [0.3, 0.4) is 0 Å². The van der Waals surface area contributed by atoms with E-state index < -0.39 is 27.3 Å². The topological polar surface area (TPSA) is 340 Å². The number of benzene rings is 1. The molecular formula is C69H103Cl2N25O7Si2. The highest BCUT2D eigenvalue weighted by Crippen LogP contribution is 2.31. The Labute approximate surface area is 624 Å². The summed E-state index contributed by atoms with van der Waals surface area (Å²) in [4.78, 5) is 83.8. The Morgan fingerprint density at radius 1 is 0.562 bits per heavy atom. The Morgan fingerprint density at radius 2 is 1.03 bits per heavy atom. The molecule has 36 heteroatoms. The monoisotopic (exact) mass is 1520 g/mol. The lowest BCUT2D eigenvalue weighted by Crippen LogP contribution is -2.39. The smallest absolute Gasteiger partial charge is 0.410 e. The van der Waals surface area contributed by atoms with Crippen LogP contribution in [0.1, 0.15) is 67.2 Å². The first-order valence-electron chi connectivity index (χ1n) is 35.7. The molecule has 0 saturated carbocycles. The summed E-state index contributed by atoms with van der Waals surface area (Å²) in [5.74, 6) is 3.33. The molecule has 0 unspecified atom stereocenters. The second kappa shape index (κ2) is 34.7. The molecule has 0 aliphatic carbocycles. The van der Waals surface area contributed by atoms with Gasteiger partial charge in [0.1, 0.15) is 73.2 Å². The Balaban J connectivity index is 0.000000153. The molecule has 0 spiro atoms. The molecule has 5 N–H and O–H groups in total. The molecule has 4 atom stereocenters. The average Bonchev–Trinajstić information content (AvgIpc) is 1.67. The second-order valence-electron chi connectivity index (χ2n) is 31.2. The zero-order valence-electron chi connectivity index (χ0n) is 63.2. The van der Waals surface area contributed by atoms with E-state index in [0.717, 1.165) is 132 Å². The molecule has 3 amide bonds. The van der Waals surface area contributed by atoms with Crippen molar-refractivity contribution in [3.63, 3.8) is 0 Å². The van der Waals surface area contributed by atoms with Crippen molar-refractivity contribution < 1.29 is 33.3 Å². The van der Waals surface area contributed by atoms with E-state index in [2.05, 4.69) is 147 Å². The van der Waals surface area contributed by atoms with Crippen LogP contribution in [-0.2, 0) is 37.2 Å². The Bertz CT molecular complexity index is 4340. The number of carbonyl (C=O) groups is 3. The van der Waals surface area contributed by atoms with Crippen molar-refractivity contribution in [3.8, 4) is 0 Å². The number of amides is 3. The lowest BCUT2D eigenvalue weighted by atomic mass is 10.2. The summed E-state index contributed by atoms with van der Waals surface area (Å²) < 4.78 is 26.2. The molecule has 4 aliphatic heterocycles. The molecule has 0 bridgehead atoms. The van der Waals surface area contributed by atoms with E-state index in [1.807, 2.05) is 60.5 Å². The fourth-order valence-corrected chi connectivity index (χ4v) is 14.4. The summed E-state index contributed by atoms with van der Waals surface area (Å²) in [6.07, 6.45) is 16.4. The van der Waals surface area contributed by atoms with E-state index in [1.165, 1.54) is 12.7 Å². The summed E-state index contributed by atoms with van der Waals surface area (Å²) >= 11 is 12.0. The van der Waals surface area contributed by atoms with Gasteiger partial charge in [-0.25, -0.2) is 58.8 Å². The Kier molecular flexibility index (Phi) is 26.1. The van der Waals surface area contributed by atoms with Crippen molar-refractivity contribution in [3.05, 3.63) is 78.3 Å². The maximum Gasteiger partial charge on any atom is 0.410 e. The maximum atomic E-state index is 12.6. The van der Waals surface area contributed by atoms with Gasteiger partial charge in [-0.15, -0.1) is 0 Å². The third-order valence-electron chi connectivity index (χ3n) is 18.2. The first-order chi connectivity index (χ1) is 49.8. The van der Waals surface area contributed by atoms with Crippen LogP contribution in [0.5, 0.6) is 0 Å². The van der Waals surface area contributed by atoms with Crippen molar-refractivity contribution in [1.29, 1.82) is 0 Å². The number of nitrogens with one attached hydrogen (secondary N) is 5. The third-order valence-corrected chi connectivity index (χ3v) is 22.1. The predicted molar refractivity (Wildman–Crippen MR) is 415 cm³/mol. The van der Waals surface area contributed by atoms with Crippen molar-refractivity contribution in [1.82, 2.24) is 99.8 Å². The quantitative estimate of drug-likeness (QED) is 0.0330. The van der Waals surface area contributed by atoms with E-state index in [0.29, 0.717) is 74.5 Å². The number of likely N-dealkylation sites (tertiary alicyclic amines) is 3. The van der Waals surface area contributed by atoms with Crippen LogP contribution in [0.25, 0.3) is 44.1 Å². The molecule has 8 aromatic heterocycles. The van der Waals surface area contributed by atoms with Crippen molar-refractivity contribution in [2.45, 2.75) is 167 Å². The van der Waals surface area contributed by atoms with Gasteiger partial charge < -0.3 is 64.3 Å². The van der Waals surface area contributed by atoms with Crippen LogP contribution in [0, 0.1) is 0 Å². The highest BCUT2D eigenvalue weighted by molar-refractivity contribution is 6.76. The zero-order chi connectivity index (χ0) is 75.4. The van der Waals surface area contributed by atoms with E-state index >= 15 is 0 Å². The number of hydrogen-bond donors (Lipinski definition) is 5. The number of H-pyrrole nitrogens is 2. The van der Waals surface area contributed by atoms with Gasteiger partial charge in [0.2, 0.25) is 5.91 Å². The lowest BCUT2D eigenvalue weighted by Gasteiger charge is -2.27. The molecule has 4 aliphatic rings. The number of fused-ring (bicyclic) bond motifs is 4. The number of rotatable bonds is 21. The number of aromatic nitrogens is 16. The highest BCUT2D eigenvalue weighted by Gasteiger charge is 2.35. The largest absolute Gasteiger partial charge is 0.444 e. The van der Waals surface area contributed by atoms with Crippen LogP contribution in [0.15, 0.2) is 68.3 Å². The van der Waals surface area contributed by atoms with Gasteiger partial charge in [-0.05, 0) is 104 Å². The molecule has 4 saturated heterocycles. The first kappa shape index (κ1) is 78.9. The first-order valence-corrected chi connectivity index (χ1v) is 43.9. The van der Waals surface area contributed by atoms with Gasteiger partial charge in [-0.3, -0.25) is 15.0 Å². The van der Waals surface area contributed by atoms with E-state index in [4.69, 9.17) is 42.1 Å². The Hall–Kier alpha value is -8.68. The summed E-state index contributed by atoms with van der Waals surface area (Å²) in [7, 11) is 3.83. The number of nitrogens with zero attached hydrogens (tertiary/aromatic N) is 20. The van der Waals surface area contributed by atoms with Crippen LogP contribution in [0.2, 0.25) is 61.4 Å². The minimum Gasteiger partial charge on any atom is -0.444 e. The minimum atomic E-state index is -1.12. The highest BCUT2D eigenvalue weighted by atomic mass is 35.5. The molecular weight excluding hydrogens is 1420 g/mol. The average molecular weight is 1520 g/mol. The molecule has 9 aromatic rings. The van der Waals surface area contributed by atoms with Gasteiger partial charge in [0, 0.05) is 136 Å². The van der Waals surface area contributed by atoms with Crippen LogP contribution >= 0.6 is 23.2 Å². The normalized spacial score (nSPS) is 17.7. The predicted octanol–water partition coefficient (Wildman–Crippen LogP) is 10.1. The lowest BCUT2D eigenvalue weighted by molar-refractivity contribution is -0.128. The molecule has 568 valence electrons. The summed E-state index contributed by atoms with van der Waals surface area (Å²) in [5, 5.41) is 37.2. The number of halogens is 2. The van der Waals surface area contributed by atoms with Crippen LogP contribution < -0.4 is 30.7 Å². The van der Waals surface area contributed by atoms with Gasteiger partial charge in [0.25, 0.3) is 0 Å². The summed E-state index contributed by atoms with van der Waals surface area (Å²) in [6.45, 7) is 33.6. The van der Waals surface area contributed by atoms with Gasteiger partial charge in [-0.2, -0.15) is 20.4 Å². The number of hydrogen-bond acceptors (Lipinski definition) is 25. The fraction of sp³-hybridized carbons (Fsp3) is 0.580. The van der Waals surface area contributed by atoms with Gasteiger partial charge in [0.15, 0.2) is 22.6 Å². The maximum absolute atomic E-state index is 12.6. The van der Waals surface area contributed by atoms with Gasteiger partial charge in [-0.1, -0.05) is 62.5 Å².